The maximum absolute atomic E-state index is 6.25. The fourth-order valence-corrected chi connectivity index (χ4v) is 4.27. The van der Waals surface area contributed by atoms with E-state index in [0.29, 0.717) is 43.1 Å². The molecule has 0 aliphatic carbocycles. The Labute approximate surface area is 208 Å². The van der Waals surface area contributed by atoms with E-state index in [-0.39, 0.29) is 5.92 Å². The van der Waals surface area contributed by atoms with Crippen LogP contribution in [0.1, 0.15) is 56.9 Å². The lowest BCUT2D eigenvalue weighted by Crippen LogP contribution is -2.41. The summed E-state index contributed by atoms with van der Waals surface area (Å²) in [6, 6.07) is 6.15. The molecule has 0 spiro atoms. The van der Waals surface area contributed by atoms with Crippen LogP contribution >= 0.6 is 0 Å². The van der Waals surface area contributed by atoms with Crippen molar-refractivity contribution in [2.75, 3.05) is 19.8 Å². The molecule has 2 aromatic heterocycles. The minimum Gasteiger partial charge on any atom is -0.493 e. The van der Waals surface area contributed by atoms with Crippen molar-refractivity contribution in [3.05, 3.63) is 46.6 Å². The number of hydrogen-bond acceptors (Lipinski definition) is 7. The number of ether oxygens (including phenoxy) is 3. The molecule has 1 aromatic carbocycles. The molecule has 4 rings (SSSR count). The molecule has 7 nitrogen and oxygen atoms in total. The number of benzene rings is 1. The largest absolute Gasteiger partial charge is 0.493 e. The number of rotatable bonds is 8. The Kier molecular flexibility index (Phi) is 7.57. The van der Waals surface area contributed by atoms with Gasteiger partial charge in [-0.25, -0.2) is 0 Å². The SMILES string of the molecule is CCc1cc(-c2noc(-c3cc(C)c(CC(C)C)cn3)n2)cc(C)c1OCC1COC(C)(C)OC1. The lowest BCUT2D eigenvalue weighted by molar-refractivity contribution is -0.264. The Hall–Kier alpha value is -2.77. The Morgan fingerprint density at radius 2 is 1.80 bits per heavy atom. The Bertz CT molecular complexity index is 1160. The van der Waals surface area contributed by atoms with E-state index in [1.807, 2.05) is 39.1 Å². The predicted octanol–water partition coefficient (Wildman–Crippen LogP) is 5.95. The summed E-state index contributed by atoms with van der Waals surface area (Å²) in [6.45, 7) is 16.4. The Morgan fingerprint density at radius 1 is 1.06 bits per heavy atom. The van der Waals surface area contributed by atoms with Gasteiger partial charge >= 0.3 is 0 Å². The van der Waals surface area contributed by atoms with Crippen LogP contribution in [0.5, 0.6) is 5.75 Å². The van der Waals surface area contributed by atoms with Crippen LogP contribution in [0.4, 0.5) is 0 Å². The van der Waals surface area contributed by atoms with Crippen LogP contribution in [-0.4, -0.2) is 40.7 Å². The summed E-state index contributed by atoms with van der Waals surface area (Å²) in [7, 11) is 0. The fraction of sp³-hybridized carbons (Fsp3) is 0.536. The third-order valence-electron chi connectivity index (χ3n) is 6.28. The molecule has 3 aromatic rings. The van der Waals surface area contributed by atoms with E-state index in [4.69, 9.17) is 18.7 Å². The van der Waals surface area contributed by atoms with E-state index >= 15 is 0 Å². The zero-order valence-corrected chi connectivity index (χ0v) is 22.0. The highest BCUT2D eigenvalue weighted by Crippen LogP contribution is 2.32. The molecule has 3 heterocycles. The molecule has 0 unspecified atom stereocenters. The molecule has 1 fully saturated rings. The average Bonchev–Trinajstić information content (AvgIpc) is 3.30. The van der Waals surface area contributed by atoms with E-state index in [0.717, 1.165) is 35.3 Å². The van der Waals surface area contributed by atoms with Crippen molar-refractivity contribution < 1.29 is 18.7 Å². The first-order chi connectivity index (χ1) is 16.6. The van der Waals surface area contributed by atoms with Gasteiger partial charge in [-0.05, 0) is 86.9 Å². The molecular weight excluding hydrogens is 442 g/mol. The predicted molar refractivity (Wildman–Crippen MR) is 135 cm³/mol. The third-order valence-corrected chi connectivity index (χ3v) is 6.28. The Balaban J connectivity index is 1.50. The molecule has 0 amide bonds. The average molecular weight is 480 g/mol. The van der Waals surface area contributed by atoms with Gasteiger partial charge in [-0.15, -0.1) is 0 Å². The van der Waals surface area contributed by atoms with Gasteiger partial charge in [-0.3, -0.25) is 4.98 Å². The maximum atomic E-state index is 6.25. The molecule has 188 valence electrons. The van der Waals surface area contributed by atoms with Crippen LogP contribution < -0.4 is 4.74 Å². The van der Waals surface area contributed by atoms with Crippen molar-refractivity contribution in [3.8, 4) is 28.7 Å². The molecule has 0 N–H and O–H groups in total. The summed E-state index contributed by atoms with van der Waals surface area (Å²) in [5, 5.41) is 4.24. The summed E-state index contributed by atoms with van der Waals surface area (Å²) in [6.07, 6.45) is 3.75. The number of hydrogen-bond donors (Lipinski definition) is 0. The molecule has 1 aliphatic heterocycles. The number of aryl methyl sites for hydroxylation is 3. The minimum atomic E-state index is -0.517. The van der Waals surface area contributed by atoms with Crippen molar-refractivity contribution in [1.82, 2.24) is 15.1 Å². The summed E-state index contributed by atoms with van der Waals surface area (Å²) >= 11 is 0. The van der Waals surface area contributed by atoms with Crippen LogP contribution in [0.15, 0.2) is 28.9 Å². The van der Waals surface area contributed by atoms with Crippen molar-refractivity contribution in [2.24, 2.45) is 11.8 Å². The van der Waals surface area contributed by atoms with Gasteiger partial charge in [0.05, 0.1) is 19.8 Å². The number of nitrogens with zero attached hydrogens (tertiary/aromatic N) is 3. The van der Waals surface area contributed by atoms with Gasteiger partial charge in [0.15, 0.2) is 5.79 Å². The van der Waals surface area contributed by atoms with Gasteiger partial charge in [-0.1, -0.05) is 25.9 Å². The molecule has 0 saturated carbocycles. The topological polar surface area (TPSA) is 79.5 Å². The highest BCUT2D eigenvalue weighted by atomic mass is 16.7. The highest BCUT2D eigenvalue weighted by Gasteiger charge is 2.29. The van der Waals surface area contributed by atoms with E-state index < -0.39 is 5.79 Å². The summed E-state index contributed by atoms with van der Waals surface area (Å²) in [5.41, 5.74) is 6.18. The van der Waals surface area contributed by atoms with E-state index in [1.54, 1.807) is 0 Å². The summed E-state index contributed by atoms with van der Waals surface area (Å²) < 4.78 is 23.4. The molecule has 7 heteroatoms. The highest BCUT2D eigenvalue weighted by molar-refractivity contribution is 5.63. The van der Waals surface area contributed by atoms with Crippen LogP contribution in [0, 0.1) is 25.7 Å². The molecule has 1 aliphatic rings. The van der Waals surface area contributed by atoms with Gasteiger partial charge in [0, 0.05) is 17.7 Å². The first-order valence-electron chi connectivity index (χ1n) is 12.5. The van der Waals surface area contributed by atoms with Gasteiger partial charge in [0.2, 0.25) is 5.82 Å². The zero-order valence-electron chi connectivity index (χ0n) is 22.0. The summed E-state index contributed by atoms with van der Waals surface area (Å²) in [5.74, 6) is 2.14. The number of aromatic nitrogens is 3. The first-order valence-corrected chi connectivity index (χ1v) is 12.5. The Morgan fingerprint density at radius 3 is 2.46 bits per heavy atom. The quantitative estimate of drug-likeness (QED) is 0.395. The van der Waals surface area contributed by atoms with E-state index in [9.17, 15) is 0 Å². The van der Waals surface area contributed by atoms with Gasteiger partial charge < -0.3 is 18.7 Å². The van der Waals surface area contributed by atoms with E-state index in [2.05, 4.69) is 48.9 Å². The minimum absolute atomic E-state index is 0.203. The lowest BCUT2D eigenvalue weighted by Gasteiger charge is -2.34. The molecule has 0 radical (unpaired) electrons. The van der Waals surface area contributed by atoms with Gasteiger partial charge in [-0.2, -0.15) is 4.98 Å². The maximum Gasteiger partial charge on any atom is 0.276 e. The molecular formula is C28H37N3O4. The molecule has 0 bridgehead atoms. The number of pyridine rings is 1. The third kappa shape index (κ3) is 6.08. The van der Waals surface area contributed by atoms with Crippen molar-refractivity contribution >= 4 is 0 Å². The fourth-order valence-electron chi connectivity index (χ4n) is 4.27. The normalized spacial score (nSPS) is 16.1. The smallest absolute Gasteiger partial charge is 0.276 e. The molecule has 35 heavy (non-hydrogen) atoms. The van der Waals surface area contributed by atoms with Crippen molar-refractivity contribution in [2.45, 2.75) is 67.1 Å². The zero-order chi connectivity index (χ0) is 25.2. The second-order valence-corrected chi connectivity index (χ2v) is 10.4. The van der Waals surface area contributed by atoms with Gasteiger partial charge in [0.1, 0.15) is 11.4 Å². The summed E-state index contributed by atoms with van der Waals surface area (Å²) in [4.78, 5) is 9.22. The van der Waals surface area contributed by atoms with Crippen LogP contribution in [0.3, 0.4) is 0 Å². The standard InChI is InChI=1S/C28H37N3O4/c1-8-21-12-22(10-19(5)25(21)32-14-20-15-33-28(6,7)34-16-20)26-30-27(35-31-26)24-11-18(4)23(13-29-24)9-17(2)3/h10-13,17,20H,8-9,14-16H2,1-7H3. The molecule has 0 atom stereocenters. The van der Waals surface area contributed by atoms with Crippen LogP contribution in [-0.2, 0) is 22.3 Å². The molecule has 1 saturated heterocycles. The second kappa shape index (κ2) is 10.5. The van der Waals surface area contributed by atoms with Crippen LogP contribution in [0.25, 0.3) is 23.0 Å². The second-order valence-electron chi connectivity index (χ2n) is 10.4. The monoisotopic (exact) mass is 479 g/mol. The van der Waals surface area contributed by atoms with Gasteiger partial charge in [0.25, 0.3) is 5.89 Å². The lowest BCUT2D eigenvalue weighted by atomic mass is 10.0. The first kappa shape index (κ1) is 25.3. The van der Waals surface area contributed by atoms with E-state index in [1.165, 1.54) is 11.1 Å². The van der Waals surface area contributed by atoms with Crippen molar-refractivity contribution in [3.63, 3.8) is 0 Å². The van der Waals surface area contributed by atoms with Crippen LogP contribution in [0.2, 0.25) is 0 Å². The van der Waals surface area contributed by atoms with Crippen molar-refractivity contribution in [1.29, 1.82) is 0 Å².